The van der Waals surface area contributed by atoms with Gasteiger partial charge in [0.05, 0.1) is 12.0 Å². The molecule has 0 bridgehead atoms. The lowest BCUT2D eigenvalue weighted by Gasteiger charge is -2.11. The molecule has 25 heavy (non-hydrogen) atoms. The van der Waals surface area contributed by atoms with Crippen LogP contribution in [0.15, 0.2) is 48.5 Å². The van der Waals surface area contributed by atoms with Crippen molar-refractivity contribution in [1.82, 2.24) is 0 Å². The predicted molar refractivity (Wildman–Crippen MR) is 95.6 cm³/mol. The van der Waals surface area contributed by atoms with Gasteiger partial charge in [0.25, 0.3) is 0 Å². The molecule has 0 saturated heterocycles. The predicted octanol–water partition coefficient (Wildman–Crippen LogP) is 3.16. The summed E-state index contributed by atoms with van der Waals surface area (Å²) in [5.74, 6) is -1.66. The van der Waals surface area contributed by atoms with Crippen molar-refractivity contribution in [2.75, 3.05) is 10.6 Å². The molecule has 0 saturated carbocycles. The molecule has 3 N–H and O–H groups in total. The molecule has 2 amide bonds. The van der Waals surface area contributed by atoms with E-state index < -0.39 is 5.97 Å². The van der Waals surface area contributed by atoms with Crippen molar-refractivity contribution in [3.63, 3.8) is 0 Å². The van der Waals surface area contributed by atoms with Crippen molar-refractivity contribution in [2.24, 2.45) is 5.92 Å². The Labute approximate surface area is 145 Å². The summed E-state index contributed by atoms with van der Waals surface area (Å²) >= 11 is 0. The zero-order valence-corrected chi connectivity index (χ0v) is 14.1. The summed E-state index contributed by atoms with van der Waals surface area (Å²) in [6, 6.07) is 13.2. The van der Waals surface area contributed by atoms with Gasteiger partial charge in [-0.2, -0.15) is 0 Å². The minimum absolute atomic E-state index is 0.0505. The van der Waals surface area contributed by atoms with E-state index in [1.54, 1.807) is 56.3 Å². The van der Waals surface area contributed by atoms with Crippen molar-refractivity contribution in [2.45, 2.75) is 20.3 Å². The molecule has 130 valence electrons. The maximum Gasteiger partial charge on any atom is 0.335 e. The maximum absolute atomic E-state index is 12.2. The van der Waals surface area contributed by atoms with Crippen LogP contribution in [0.1, 0.15) is 29.8 Å². The molecule has 0 spiro atoms. The third-order valence-corrected chi connectivity index (χ3v) is 3.54. The summed E-state index contributed by atoms with van der Waals surface area (Å²) in [5, 5.41) is 14.6. The third kappa shape index (κ3) is 5.17. The van der Waals surface area contributed by atoms with Crippen molar-refractivity contribution in [3.05, 3.63) is 59.7 Å². The van der Waals surface area contributed by atoms with Crippen LogP contribution < -0.4 is 10.6 Å². The molecule has 0 atom stereocenters. The van der Waals surface area contributed by atoms with Gasteiger partial charge in [0, 0.05) is 17.3 Å². The van der Waals surface area contributed by atoms with E-state index in [1.807, 2.05) is 0 Å². The number of benzene rings is 2. The molecule has 2 rings (SSSR count). The van der Waals surface area contributed by atoms with E-state index in [0.717, 1.165) is 0 Å². The lowest BCUT2D eigenvalue weighted by atomic mass is 10.0. The van der Waals surface area contributed by atoms with E-state index in [2.05, 4.69) is 10.6 Å². The number of hydrogen-bond acceptors (Lipinski definition) is 3. The highest BCUT2D eigenvalue weighted by Gasteiger charge is 2.13. The van der Waals surface area contributed by atoms with Crippen LogP contribution in [0.4, 0.5) is 11.4 Å². The number of nitrogens with one attached hydrogen (secondary N) is 2. The van der Waals surface area contributed by atoms with Gasteiger partial charge in [-0.1, -0.05) is 38.1 Å². The van der Waals surface area contributed by atoms with Gasteiger partial charge in [-0.3, -0.25) is 9.59 Å². The van der Waals surface area contributed by atoms with Gasteiger partial charge >= 0.3 is 5.97 Å². The van der Waals surface area contributed by atoms with E-state index in [-0.39, 0.29) is 29.7 Å². The zero-order valence-electron chi connectivity index (χ0n) is 14.1. The topological polar surface area (TPSA) is 95.5 Å². The molecule has 2 aromatic rings. The van der Waals surface area contributed by atoms with Crippen LogP contribution in [0, 0.1) is 5.92 Å². The standard InChI is InChI=1S/C19H20N2O4/c1-12(2)18(23)21-15-8-5-7-14(11-15)20-17(22)10-13-6-3-4-9-16(13)19(24)25/h3-9,11-12H,10H2,1-2H3,(H,20,22)(H,21,23)(H,24,25). The molecule has 0 radical (unpaired) electrons. The summed E-state index contributed by atoms with van der Waals surface area (Å²) in [5.41, 5.74) is 1.66. The van der Waals surface area contributed by atoms with Gasteiger partial charge < -0.3 is 15.7 Å². The fourth-order valence-corrected chi connectivity index (χ4v) is 2.22. The SMILES string of the molecule is CC(C)C(=O)Nc1cccc(NC(=O)Cc2ccccc2C(=O)O)c1. The first-order valence-electron chi connectivity index (χ1n) is 7.89. The minimum Gasteiger partial charge on any atom is -0.478 e. The molecule has 6 nitrogen and oxygen atoms in total. The number of hydrogen-bond donors (Lipinski definition) is 3. The van der Waals surface area contributed by atoms with Gasteiger partial charge in [-0.15, -0.1) is 0 Å². The van der Waals surface area contributed by atoms with Gasteiger partial charge in [0.2, 0.25) is 11.8 Å². The maximum atomic E-state index is 12.2. The quantitative estimate of drug-likeness (QED) is 0.752. The van der Waals surface area contributed by atoms with Crippen molar-refractivity contribution in [1.29, 1.82) is 0 Å². The first-order valence-corrected chi connectivity index (χ1v) is 7.89. The molecule has 0 heterocycles. The summed E-state index contributed by atoms with van der Waals surface area (Å²) in [6.07, 6.45) is -0.0505. The Balaban J connectivity index is 2.06. The molecule has 0 fully saturated rings. The Morgan fingerprint density at radius 1 is 0.960 bits per heavy atom. The minimum atomic E-state index is -1.07. The van der Waals surface area contributed by atoms with Crippen LogP contribution >= 0.6 is 0 Å². The second-order valence-corrected chi connectivity index (χ2v) is 5.91. The second-order valence-electron chi connectivity index (χ2n) is 5.91. The highest BCUT2D eigenvalue weighted by molar-refractivity contribution is 5.97. The Morgan fingerprint density at radius 3 is 2.24 bits per heavy atom. The highest BCUT2D eigenvalue weighted by Crippen LogP contribution is 2.17. The molecule has 0 aliphatic rings. The fraction of sp³-hybridized carbons (Fsp3) is 0.211. The normalized spacial score (nSPS) is 10.4. The van der Waals surface area contributed by atoms with Gasteiger partial charge in [-0.05, 0) is 29.8 Å². The zero-order chi connectivity index (χ0) is 18.4. The number of anilines is 2. The number of rotatable bonds is 6. The number of carboxylic acid groups (broad SMARTS) is 1. The van der Waals surface area contributed by atoms with Crippen molar-refractivity contribution in [3.8, 4) is 0 Å². The monoisotopic (exact) mass is 340 g/mol. The molecular weight excluding hydrogens is 320 g/mol. The van der Waals surface area contributed by atoms with Crippen LogP contribution in [-0.2, 0) is 16.0 Å². The van der Waals surface area contributed by atoms with Crippen LogP contribution in [-0.4, -0.2) is 22.9 Å². The molecule has 6 heteroatoms. The van der Waals surface area contributed by atoms with Crippen molar-refractivity contribution >= 4 is 29.2 Å². The Hall–Kier alpha value is -3.15. The second kappa shape index (κ2) is 8.10. The molecule has 0 aliphatic carbocycles. The van der Waals surface area contributed by atoms with Crippen LogP contribution in [0.3, 0.4) is 0 Å². The average molecular weight is 340 g/mol. The van der Waals surface area contributed by atoms with Crippen LogP contribution in [0.25, 0.3) is 0 Å². The molecule has 2 aromatic carbocycles. The first-order chi connectivity index (χ1) is 11.9. The molecule has 0 aromatic heterocycles. The summed E-state index contributed by atoms with van der Waals surface area (Å²) < 4.78 is 0. The van der Waals surface area contributed by atoms with Crippen LogP contribution in [0.5, 0.6) is 0 Å². The van der Waals surface area contributed by atoms with Crippen LogP contribution in [0.2, 0.25) is 0 Å². The number of aromatic carboxylic acids is 1. The summed E-state index contributed by atoms with van der Waals surface area (Å²) in [6.45, 7) is 3.59. The van der Waals surface area contributed by atoms with Crippen molar-refractivity contribution < 1.29 is 19.5 Å². The van der Waals surface area contributed by atoms with Gasteiger partial charge in [0.1, 0.15) is 0 Å². The third-order valence-electron chi connectivity index (χ3n) is 3.54. The number of carbonyl (C=O) groups excluding carboxylic acids is 2. The summed E-state index contributed by atoms with van der Waals surface area (Å²) in [7, 11) is 0. The molecular formula is C19H20N2O4. The van der Waals surface area contributed by atoms with Gasteiger partial charge in [-0.25, -0.2) is 4.79 Å². The Kier molecular flexibility index (Phi) is 5.89. The van der Waals surface area contributed by atoms with E-state index in [1.165, 1.54) is 6.07 Å². The first kappa shape index (κ1) is 18.2. The van der Waals surface area contributed by atoms with E-state index >= 15 is 0 Å². The lowest BCUT2D eigenvalue weighted by Crippen LogP contribution is -2.18. The number of carboxylic acids is 1. The Morgan fingerprint density at radius 2 is 1.60 bits per heavy atom. The average Bonchev–Trinajstić information content (AvgIpc) is 2.55. The summed E-state index contributed by atoms with van der Waals surface area (Å²) in [4.78, 5) is 35.1. The van der Waals surface area contributed by atoms with E-state index in [0.29, 0.717) is 16.9 Å². The smallest absolute Gasteiger partial charge is 0.335 e. The molecule has 0 unspecified atom stereocenters. The molecule has 0 aliphatic heterocycles. The lowest BCUT2D eigenvalue weighted by molar-refractivity contribution is -0.119. The largest absolute Gasteiger partial charge is 0.478 e. The highest BCUT2D eigenvalue weighted by atomic mass is 16.4. The van der Waals surface area contributed by atoms with E-state index in [4.69, 9.17) is 5.11 Å². The Bertz CT molecular complexity index is 800. The number of amides is 2. The fourth-order valence-electron chi connectivity index (χ4n) is 2.22. The van der Waals surface area contributed by atoms with E-state index in [9.17, 15) is 14.4 Å². The van der Waals surface area contributed by atoms with Gasteiger partial charge in [0.15, 0.2) is 0 Å². The number of carbonyl (C=O) groups is 3.